The van der Waals surface area contributed by atoms with E-state index in [2.05, 4.69) is 10.6 Å². The number of hydrogen-bond donors (Lipinski definition) is 3. The van der Waals surface area contributed by atoms with Gasteiger partial charge >= 0.3 is 0 Å². The molecule has 1 aliphatic carbocycles. The summed E-state index contributed by atoms with van der Waals surface area (Å²) >= 11 is 1.49. The fourth-order valence-electron chi connectivity index (χ4n) is 2.47. The van der Waals surface area contributed by atoms with E-state index in [1.54, 1.807) is 11.4 Å². The summed E-state index contributed by atoms with van der Waals surface area (Å²) in [6.07, 6.45) is 4.08. The fraction of sp³-hybridized carbons (Fsp3) is 0.600. The van der Waals surface area contributed by atoms with E-state index in [-0.39, 0.29) is 24.0 Å². The van der Waals surface area contributed by atoms with E-state index in [0.29, 0.717) is 24.9 Å². The van der Waals surface area contributed by atoms with E-state index in [1.165, 1.54) is 11.3 Å². The third-order valence-electron chi connectivity index (χ3n) is 3.71. The molecular weight excluding hydrogens is 288 g/mol. The molecule has 116 valence electrons. The van der Waals surface area contributed by atoms with Crippen LogP contribution in [0.3, 0.4) is 0 Å². The van der Waals surface area contributed by atoms with Gasteiger partial charge in [-0.15, -0.1) is 0 Å². The van der Waals surface area contributed by atoms with Crippen molar-refractivity contribution in [3.63, 3.8) is 0 Å². The van der Waals surface area contributed by atoms with Gasteiger partial charge in [-0.2, -0.15) is 11.3 Å². The minimum atomic E-state index is -0.203. The van der Waals surface area contributed by atoms with Crippen LogP contribution in [-0.2, 0) is 4.79 Å². The third kappa shape index (κ3) is 5.47. The van der Waals surface area contributed by atoms with Crippen molar-refractivity contribution in [1.82, 2.24) is 10.6 Å². The standard InChI is InChI=1S/C15H22N2O3S/c18-13-5-3-12(4-6-13)17-14(19)2-1-8-16-15(20)11-7-9-21-10-11/h7,9-10,12-13,18H,1-6,8H2,(H,16,20)(H,17,19). The number of aliphatic hydroxyl groups is 1. The predicted molar refractivity (Wildman–Crippen MR) is 82.3 cm³/mol. The summed E-state index contributed by atoms with van der Waals surface area (Å²) < 4.78 is 0. The first kappa shape index (κ1) is 16.0. The van der Waals surface area contributed by atoms with E-state index >= 15 is 0 Å². The predicted octanol–water partition coefficient (Wildman–Crippen LogP) is 1.68. The van der Waals surface area contributed by atoms with Gasteiger partial charge < -0.3 is 15.7 Å². The third-order valence-corrected chi connectivity index (χ3v) is 4.39. The molecule has 0 saturated heterocycles. The first-order valence-electron chi connectivity index (χ1n) is 7.43. The van der Waals surface area contributed by atoms with Crippen molar-refractivity contribution in [1.29, 1.82) is 0 Å². The molecular formula is C15H22N2O3S. The monoisotopic (exact) mass is 310 g/mol. The lowest BCUT2D eigenvalue weighted by atomic mass is 9.93. The molecule has 0 aromatic carbocycles. The highest BCUT2D eigenvalue weighted by molar-refractivity contribution is 7.08. The Morgan fingerprint density at radius 1 is 1.29 bits per heavy atom. The van der Waals surface area contributed by atoms with Crippen LogP contribution in [0.15, 0.2) is 16.8 Å². The van der Waals surface area contributed by atoms with Crippen LogP contribution in [0.4, 0.5) is 0 Å². The first-order valence-corrected chi connectivity index (χ1v) is 8.37. The molecule has 0 atom stereocenters. The molecule has 2 amide bonds. The van der Waals surface area contributed by atoms with Gasteiger partial charge in [-0.05, 0) is 43.6 Å². The number of hydrogen-bond acceptors (Lipinski definition) is 4. The minimum Gasteiger partial charge on any atom is -0.393 e. The SMILES string of the molecule is O=C(CCCNC(=O)c1ccsc1)NC1CCC(O)CC1. The Hall–Kier alpha value is -1.40. The van der Waals surface area contributed by atoms with Gasteiger partial charge in [0.1, 0.15) is 0 Å². The molecule has 5 nitrogen and oxygen atoms in total. The Morgan fingerprint density at radius 2 is 2.05 bits per heavy atom. The van der Waals surface area contributed by atoms with Crippen LogP contribution in [0.1, 0.15) is 48.9 Å². The molecule has 1 fully saturated rings. The number of aliphatic hydroxyl groups excluding tert-OH is 1. The van der Waals surface area contributed by atoms with E-state index < -0.39 is 0 Å². The summed E-state index contributed by atoms with van der Waals surface area (Å²) in [4.78, 5) is 23.5. The number of carbonyl (C=O) groups is 2. The Kier molecular flexibility index (Phi) is 6.20. The van der Waals surface area contributed by atoms with Crippen molar-refractivity contribution in [3.8, 4) is 0 Å². The maximum Gasteiger partial charge on any atom is 0.252 e. The molecule has 3 N–H and O–H groups in total. The van der Waals surface area contributed by atoms with Gasteiger partial charge in [-0.1, -0.05) is 0 Å². The topological polar surface area (TPSA) is 78.4 Å². The second-order valence-electron chi connectivity index (χ2n) is 5.44. The van der Waals surface area contributed by atoms with E-state index in [0.717, 1.165) is 25.7 Å². The molecule has 1 aliphatic rings. The van der Waals surface area contributed by atoms with Crippen LogP contribution < -0.4 is 10.6 Å². The Labute approximate surface area is 128 Å². The van der Waals surface area contributed by atoms with Crippen LogP contribution in [0, 0.1) is 0 Å². The molecule has 1 saturated carbocycles. The van der Waals surface area contributed by atoms with Crippen LogP contribution in [0.2, 0.25) is 0 Å². The largest absolute Gasteiger partial charge is 0.393 e. The fourth-order valence-corrected chi connectivity index (χ4v) is 3.10. The zero-order chi connectivity index (χ0) is 15.1. The zero-order valence-corrected chi connectivity index (χ0v) is 12.8. The van der Waals surface area contributed by atoms with Crippen LogP contribution in [0.5, 0.6) is 0 Å². The molecule has 1 aromatic heterocycles. The van der Waals surface area contributed by atoms with E-state index in [4.69, 9.17) is 0 Å². The second kappa shape index (κ2) is 8.14. The molecule has 0 spiro atoms. The van der Waals surface area contributed by atoms with Crippen molar-refractivity contribution in [2.24, 2.45) is 0 Å². The van der Waals surface area contributed by atoms with Crippen molar-refractivity contribution in [2.75, 3.05) is 6.54 Å². The van der Waals surface area contributed by atoms with E-state index in [1.807, 2.05) is 5.38 Å². The minimum absolute atomic E-state index is 0.0289. The quantitative estimate of drug-likeness (QED) is 0.700. The van der Waals surface area contributed by atoms with Crippen molar-refractivity contribution in [2.45, 2.75) is 50.7 Å². The first-order chi connectivity index (χ1) is 10.1. The normalized spacial score (nSPS) is 21.8. The smallest absolute Gasteiger partial charge is 0.252 e. The summed E-state index contributed by atoms with van der Waals surface area (Å²) in [5, 5.41) is 18.9. The highest BCUT2D eigenvalue weighted by Crippen LogP contribution is 2.18. The molecule has 21 heavy (non-hydrogen) atoms. The summed E-state index contributed by atoms with van der Waals surface area (Å²) in [7, 11) is 0. The number of amides is 2. The highest BCUT2D eigenvalue weighted by atomic mass is 32.1. The number of thiophene rings is 1. The van der Waals surface area contributed by atoms with Gasteiger partial charge in [0.15, 0.2) is 0 Å². The van der Waals surface area contributed by atoms with Crippen molar-refractivity contribution in [3.05, 3.63) is 22.4 Å². The number of carbonyl (C=O) groups excluding carboxylic acids is 2. The van der Waals surface area contributed by atoms with Gasteiger partial charge in [0, 0.05) is 30.0 Å². The van der Waals surface area contributed by atoms with Gasteiger partial charge in [-0.3, -0.25) is 9.59 Å². The number of nitrogens with one attached hydrogen (secondary N) is 2. The lowest BCUT2D eigenvalue weighted by molar-refractivity contribution is -0.122. The summed E-state index contributed by atoms with van der Waals surface area (Å²) in [6, 6.07) is 1.98. The lowest BCUT2D eigenvalue weighted by Crippen LogP contribution is -2.38. The molecule has 0 bridgehead atoms. The molecule has 0 unspecified atom stereocenters. The zero-order valence-electron chi connectivity index (χ0n) is 12.0. The average Bonchev–Trinajstić information content (AvgIpc) is 3.00. The Bertz CT molecular complexity index is 453. The van der Waals surface area contributed by atoms with Crippen molar-refractivity contribution < 1.29 is 14.7 Å². The summed E-state index contributed by atoms with van der Waals surface area (Å²) in [6.45, 7) is 0.505. The van der Waals surface area contributed by atoms with Crippen LogP contribution in [-0.4, -0.2) is 35.6 Å². The molecule has 2 rings (SSSR count). The lowest BCUT2D eigenvalue weighted by Gasteiger charge is -2.26. The summed E-state index contributed by atoms with van der Waals surface area (Å²) in [5.41, 5.74) is 0.671. The van der Waals surface area contributed by atoms with Gasteiger partial charge in [-0.25, -0.2) is 0 Å². The molecule has 0 radical (unpaired) electrons. The van der Waals surface area contributed by atoms with Gasteiger partial charge in [0.05, 0.1) is 6.10 Å². The Morgan fingerprint density at radius 3 is 2.71 bits per heavy atom. The van der Waals surface area contributed by atoms with Crippen LogP contribution in [0.25, 0.3) is 0 Å². The maximum absolute atomic E-state index is 11.8. The van der Waals surface area contributed by atoms with Gasteiger partial charge in [0.2, 0.25) is 5.91 Å². The van der Waals surface area contributed by atoms with E-state index in [9.17, 15) is 14.7 Å². The maximum atomic E-state index is 11.8. The molecule has 1 heterocycles. The van der Waals surface area contributed by atoms with Gasteiger partial charge in [0.25, 0.3) is 5.91 Å². The highest BCUT2D eigenvalue weighted by Gasteiger charge is 2.20. The van der Waals surface area contributed by atoms with Crippen molar-refractivity contribution >= 4 is 23.2 Å². The van der Waals surface area contributed by atoms with Crippen LogP contribution >= 0.6 is 11.3 Å². The Balaban J connectivity index is 1.56. The molecule has 6 heteroatoms. The average molecular weight is 310 g/mol. The summed E-state index contributed by atoms with van der Waals surface area (Å²) in [5.74, 6) is -0.0564. The molecule has 0 aliphatic heterocycles. The second-order valence-corrected chi connectivity index (χ2v) is 6.22. The number of rotatable bonds is 6. The molecule has 1 aromatic rings.